The number of hydrogen-bond acceptors (Lipinski definition) is 3. The lowest BCUT2D eigenvalue weighted by Gasteiger charge is -2.11. The molecule has 2 nitrogen and oxygen atoms in total. The highest BCUT2D eigenvalue weighted by Crippen LogP contribution is 2.41. The molecule has 0 spiro atoms. The van der Waals surface area contributed by atoms with E-state index in [-0.39, 0.29) is 0 Å². The van der Waals surface area contributed by atoms with Gasteiger partial charge < -0.3 is 0 Å². The molecule has 0 saturated carbocycles. The highest BCUT2D eigenvalue weighted by molar-refractivity contribution is 7.26. The average molecular weight is 641 g/mol. The van der Waals surface area contributed by atoms with Gasteiger partial charge in [-0.05, 0) is 62.4 Å². The van der Waals surface area contributed by atoms with Crippen molar-refractivity contribution in [2.24, 2.45) is 0 Å². The maximum Gasteiger partial charge on any atom is 0.0979 e. The Balaban J connectivity index is 0.995. The van der Waals surface area contributed by atoms with Crippen molar-refractivity contribution in [1.82, 2.24) is 9.97 Å². The summed E-state index contributed by atoms with van der Waals surface area (Å²) in [7, 11) is 0. The van der Waals surface area contributed by atoms with Crippen LogP contribution in [0.25, 0.3) is 97.4 Å². The first-order chi connectivity index (χ1) is 24.3. The zero-order valence-electron chi connectivity index (χ0n) is 26.5. The zero-order valence-corrected chi connectivity index (χ0v) is 27.3. The van der Waals surface area contributed by atoms with Gasteiger partial charge in [-0.25, -0.2) is 4.98 Å². The van der Waals surface area contributed by atoms with Gasteiger partial charge in [-0.3, -0.25) is 4.98 Å². The molecule has 3 heteroatoms. The summed E-state index contributed by atoms with van der Waals surface area (Å²) in [6.07, 6.45) is 1.91. The first-order valence-electron chi connectivity index (χ1n) is 16.6. The van der Waals surface area contributed by atoms with Crippen LogP contribution in [0.1, 0.15) is 0 Å². The van der Waals surface area contributed by atoms with Crippen molar-refractivity contribution in [3.8, 4) is 44.6 Å². The van der Waals surface area contributed by atoms with E-state index in [0.717, 1.165) is 33.1 Å². The average Bonchev–Trinajstić information content (AvgIpc) is 3.57. The Kier molecular flexibility index (Phi) is 6.39. The summed E-state index contributed by atoms with van der Waals surface area (Å²) in [5.74, 6) is 0. The van der Waals surface area contributed by atoms with Crippen LogP contribution in [0.2, 0.25) is 0 Å². The van der Waals surface area contributed by atoms with Crippen LogP contribution in [0, 0.1) is 0 Å². The minimum Gasteiger partial charge on any atom is -0.252 e. The molecule has 0 aliphatic rings. The largest absolute Gasteiger partial charge is 0.252 e. The fourth-order valence-electron chi connectivity index (χ4n) is 7.31. The maximum absolute atomic E-state index is 5.18. The van der Waals surface area contributed by atoms with E-state index in [1.807, 2.05) is 17.5 Å². The summed E-state index contributed by atoms with van der Waals surface area (Å²) in [6.45, 7) is 0. The SMILES string of the molecule is c1cc(-c2ccc(-c3cnc4c5ccccc5c5ccccc5c4n3)cc2)cc(-c2cccc(-c3cccc4c3sc3ccccc34)c2)c1. The Labute approximate surface area is 287 Å². The van der Waals surface area contributed by atoms with E-state index in [1.165, 1.54) is 64.3 Å². The molecule has 0 N–H and O–H groups in total. The quantitative estimate of drug-likeness (QED) is 0.179. The molecular weight excluding hydrogens is 613 g/mol. The van der Waals surface area contributed by atoms with Crippen LogP contribution < -0.4 is 0 Å². The summed E-state index contributed by atoms with van der Waals surface area (Å²) < 4.78 is 2.67. The van der Waals surface area contributed by atoms with Crippen molar-refractivity contribution in [3.63, 3.8) is 0 Å². The van der Waals surface area contributed by atoms with Gasteiger partial charge in [0.05, 0.1) is 22.9 Å². The lowest BCUT2D eigenvalue weighted by atomic mass is 9.95. The molecular formula is C46H28N2S. The molecule has 2 aromatic heterocycles. The van der Waals surface area contributed by atoms with E-state index < -0.39 is 0 Å². The number of nitrogens with zero attached hydrogens (tertiary/aromatic N) is 2. The summed E-state index contributed by atoms with van der Waals surface area (Å²) in [6, 6.07) is 58.8. The van der Waals surface area contributed by atoms with Crippen molar-refractivity contribution < 1.29 is 0 Å². The lowest BCUT2D eigenvalue weighted by molar-refractivity contribution is 1.31. The van der Waals surface area contributed by atoms with E-state index in [9.17, 15) is 0 Å². The smallest absolute Gasteiger partial charge is 0.0979 e. The fraction of sp³-hybridized carbons (Fsp3) is 0. The number of benzene rings is 8. The second-order valence-corrected chi connectivity index (χ2v) is 13.6. The number of rotatable bonds is 4. The van der Waals surface area contributed by atoms with Gasteiger partial charge in [0, 0.05) is 36.5 Å². The minimum absolute atomic E-state index is 0.874. The molecule has 49 heavy (non-hydrogen) atoms. The van der Waals surface area contributed by atoms with Crippen LogP contribution in [0.15, 0.2) is 170 Å². The standard InChI is InChI=1S/C46H28N2S/c1-3-17-39-36(14-1)37-15-2-4-18-40(37)45-44(39)47-28-42(48-45)30-24-22-29(23-25-30)31-10-7-11-32(26-31)33-12-8-13-34(27-33)35-19-9-20-41-38-16-5-6-21-43(38)49-46(35)41/h1-28H. The Morgan fingerprint density at radius 2 is 0.898 bits per heavy atom. The van der Waals surface area contributed by atoms with Gasteiger partial charge in [0.1, 0.15) is 0 Å². The molecule has 2 heterocycles. The van der Waals surface area contributed by atoms with Crippen LogP contribution in [0.4, 0.5) is 0 Å². The second-order valence-electron chi connectivity index (χ2n) is 12.6. The molecule has 0 aliphatic carbocycles. The van der Waals surface area contributed by atoms with Crippen LogP contribution in [0.3, 0.4) is 0 Å². The third-order valence-electron chi connectivity index (χ3n) is 9.71. The number of thiophene rings is 1. The Morgan fingerprint density at radius 3 is 1.63 bits per heavy atom. The second kappa shape index (κ2) is 11.2. The van der Waals surface area contributed by atoms with Gasteiger partial charge in [-0.2, -0.15) is 0 Å². The molecule has 228 valence electrons. The number of hydrogen-bond donors (Lipinski definition) is 0. The summed E-state index contributed by atoms with van der Waals surface area (Å²) in [4.78, 5) is 10.1. The molecule has 0 atom stereocenters. The molecule has 0 unspecified atom stereocenters. The van der Waals surface area contributed by atoms with Gasteiger partial charge in [-0.1, -0.05) is 146 Å². The Morgan fingerprint density at radius 1 is 0.367 bits per heavy atom. The lowest BCUT2D eigenvalue weighted by Crippen LogP contribution is -1.92. The highest BCUT2D eigenvalue weighted by atomic mass is 32.1. The molecule has 0 saturated heterocycles. The fourth-order valence-corrected chi connectivity index (χ4v) is 8.55. The van der Waals surface area contributed by atoms with Crippen LogP contribution in [0.5, 0.6) is 0 Å². The first-order valence-corrected chi connectivity index (χ1v) is 17.4. The monoisotopic (exact) mass is 640 g/mol. The normalized spacial score (nSPS) is 11.7. The van der Waals surface area contributed by atoms with Gasteiger partial charge >= 0.3 is 0 Å². The van der Waals surface area contributed by atoms with Crippen LogP contribution in [-0.4, -0.2) is 9.97 Å². The van der Waals surface area contributed by atoms with E-state index in [2.05, 4.69) is 164 Å². The van der Waals surface area contributed by atoms with Gasteiger partial charge in [0.25, 0.3) is 0 Å². The summed E-state index contributed by atoms with van der Waals surface area (Å²) in [5, 5.41) is 7.32. The van der Waals surface area contributed by atoms with Crippen molar-refractivity contribution >= 4 is 64.1 Å². The summed E-state index contributed by atoms with van der Waals surface area (Å²) >= 11 is 1.88. The van der Waals surface area contributed by atoms with Gasteiger partial charge in [0.2, 0.25) is 0 Å². The highest BCUT2D eigenvalue weighted by Gasteiger charge is 2.13. The molecule has 0 bridgehead atoms. The van der Waals surface area contributed by atoms with Crippen LogP contribution in [-0.2, 0) is 0 Å². The van der Waals surface area contributed by atoms with Crippen molar-refractivity contribution in [1.29, 1.82) is 0 Å². The predicted molar refractivity (Wildman–Crippen MR) is 209 cm³/mol. The maximum atomic E-state index is 5.18. The molecule has 10 aromatic rings. The summed E-state index contributed by atoms with van der Waals surface area (Å²) in [5.41, 5.74) is 11.1. The molecule has 8 aromatic carbocycles. The third-order valence-corrected chi connectivity index (χ3v) is 10.9. The van der Waals surface area contributed by atoms with E-state index in [0.29, 0.717) is 0 Å². The Bertz CT molecular complexity index is 2850. The topological polar surface area (TPSA) is 25.8 Å². The molecule has 0 fully saturated rings. The zero-order chi connectivity index (χ0) is 32.3. The van der Waals surface area contributed by atoms with Crippen molar-refractivity contribution in [2.75, 3.05) is 0 Å². The molecule has 10 rings (SSSR count). The Hall–Kier alpha value is -6.16. The molecule has 0 amide bonds. The van der Waals surface area contributed by atoms with Crippen LogP contribution >= 0.6 is 11.3 Å². The molecule has 0 radical (unpaired) electrons. The molecule has 0 aliphatic heterocycles. The van der Waals surface area contributed by atoms with E-state index in [4.69, 9.17) is 9.97 Å². The van der Waals surface area contributed by atoms with E-state index >= 15 is 0 Å². The minimum atomic E-state index is 0.874. The number of aromatic nitrogens is 2. The van der Waals surface area contributed by atoms with Crippen molar-refractivity contribution in [2.45, 2.75) is 0 Å². The third kappa shape index (κ3) is 4.62. The van der Waals surface area contributed by atoms with E-state index in [1.54, 1.807) is 0 Å². The van der Waals surface area contributed by atoms with Gasteiger partial charge in [-0.15, -0.1) is 11.3 Å². The predicted octanol–water partition coefficient (Wildman–Crippen LogP) is 13.0. The van der Waals surface area contributed by atoms with Crippen molar-refractivity contribution in [3.05, 3.63) is 170 Å². The van der Waals surface area contributed by atoms with Gasteiger partial charge in [0.15, 0.2) is 0 Å². The number of fused-ring (bicyclic) bond motifs is 9. The first kappa shape index (κ1) is 27.9.